The van der Waals surface area contributed by atoms with Crippen molar-refractivity contribution in [2.24, 2.45) is 10.9 Å². The van der Waals surface area contributed by atoms with Crippen LogP contribution < -0.4 is 5.32 Å². The van der Waals surface area contributed by atoms with Gasteiger partial charge >= 0.3 is 5.97 Å². The quantitative estimate of drug-likeness (QED) is 0.472. The van der Waals surface area contributed by atoms with E-state index >= 15 is 0 Å². The summed E-state index contributed by atoms with van der Waals surface area (Å²) in [5.74, 6) is 0.832. The minimum Gasteiger partial charge on any atom is -0.466 e. The van der Waals surface area contributed by atoms with E-state index in [1.807, 2.05) is 36.0 Å². The molecule has 1 aliphatic rings. The van der Waals surface area contributed by atoms with Gasteiger partial charge in [0.05, 0.1) is 24.8 Å². The molecule has 1 aliphatic heterocycles. The van der Waals surface area contributed by atoms with Gasteiger partial charge in [-0.05, 0) is 50.5 Å². The van der Waals surface area contributed by atoms with Gasteiger partial charge in [-0.25, -0.2) is 9.67 Å². The number of ether oxygens (including phenoxy) is 1. The van der Waals surface area contributed by atoms with Crippen LogP contribution in [-0.2, 0) is 16.1 Å². The Morgan fingerprint density at radius 2 is 2.11 bits per heavy atom. The predicted molar refractivity (Wildman–Crippen MR) is 109 cm³/mol. The Morgan fingerprint density at radius 1 is 1.29 bits per heavy atom. The SMILES string of the molecule is CCNC(=NCc1cccc(-n2cccn2)c1)N1CCC(C(=O)OCC)CC1. The van der Waals surface area contributed by atoms with Crippen molar-refractivity contribution in [1.82, 2.24) is 20.0 Å². The molecule has 2 heterocycles. The van der Waals surface area contributed by atoms with Gasteiger partial charge in [0, 0.05) is 32.0 Å². The highest BCUT2D eigenvalue weighted by molar-refractivity contribution is 5.80. The van der Waals surface area contributed by atoms with Crippen LogP contribution in [0.2, 0.25) is 0 Å². The van der Waals surface area contributed by atoms with Crippen molar-refractivity contribution in [3.05, 3.63) is 48.3 Å². The normalized spacial score (nSPS) is 15.5. The lowest BCUT2D eigenvalue weighted by molar-refractivity contribution is -0.149. The second-order valence-corrected chi connectivity index (χ2v) is 6.80. The molecule has 0 saturated carbocycles. The number of nitrogens with one attached hydrogen (secondary N) is 1. The van der Waals surface area contributed by atoms with Crippen molar-refractivity contribution in [3.63, 3.8) is 0 Å². The molecule has 0 bridgehead atoms. The topological polar surface area (TPSA) is 71.8 Å². The van der Waals surface area contributed by atoms with Crippen LogP contribution in [-0.4, -0.2) is 52.9 Å². The number of piperidine rings is 1. The average molecular weight is 383 g/mol. The monoisotopic (exact) mass is 383 g/mol. The fraction of sp³-hybridized carbons (Fsp3) is 0.476. The van der Waals surface area contributed by atoms with E-state index in [-0.39, 0.29) is 11.9 Å². The first kappa shape index (κ1) is 19.9. The first-order valence-corrected chi connectivity index (χ1v) is 10.00. The zero-order valence-electron chi connectivity index (χ0n) is 16.7. The third kappa shape index (κ3) is 5.12. The molecule has 0 amide bonds. The van der Waals surface area contributed by atoms with Crippen LogP contribution in [0.1, 0.15) is 32.3 Å². The van der Waals surface area contributed by atoms with Crippen LogP contribution in [0.5, 0.6) is 0 Å². The first-order chi connectivity index (χ1) is 13.7. The molecule has 7 nitrogen and oxygen atoms in total. The zero-order chi connectivity index (χ0) is 19.8. The summed E-state index contributed by atoms with van der Waals surface area (Å²) in [6, 6.07) is 10.2. The van der Waals surface area contributed by atoms with Gasteiger partial charge < -0.3 is 15.0 Å². The van der Waals surface area contributed by atoms with Gasteiger partial charge in [-0.2, -0.15) is 5.10 Å². The third-order valence-corrected chi connectivity index (χ3v) is 4.84. The van der Waals surface area contributed by atoms with E-state index < -0.39 is 0 Å². The maximum absolute atomic E-state index is 11.9. The second kappa shape index (κ2) is 9.92. The Bertz CT molecular complexity index is 780. The Morgan fingerprint density at radius 3 is 2.79 bits per heavy atom. The number of aromatic nitrogens is 2. The van der Waals surface area contributed by atoms with Crippen LogP contribution in [0, 0.1) is 5.92 Å². The zero-order valence-corrected chi connectivity index (χ0v) is 16.7. The standard InChI is InChI=1S/C21H29N5O2/c1-3-22-21(25-13-9-18(10-14-25)20(27)28-4-2)23-16-17-7-5-8-19(15-17)26-12-6-11-24-26/h5-8,11-12,15,18H,3-4,9-10,13-14,16H2,1-2H3,(H,22,23). The van der Waals surface area contributed by atoms with E-state index in [9.17, 15) is 4.79 Å². The summed E-state index contributed by atoms with van der Waals surface area (Å²) in [4.78, 5) is 19.0. The minimum absolute atomic E-state index is 0.00447. The molecule has 0 atom stereocenters. The van der Waals surface area contributed by atoms with E-state index in [1.54, 1.807) is 6.20 Å². The van der Waals surface area contributed by atoms with Gasteiger partial charge in [0.25, 0.3) is 0 Å². The van der Waals surface area contributed by atoms with Crippen LogP contribution in [0.15, 0.2) is 47.7 Å². The molecule has 0 radical (unpaired) electrons. The van der Waals surface area contributed by atoms with Crippen molar-refractivity contribution in [1.29, 1.82) is 0 Å². The largest absolute Gasteiger partial charge is 0.466 e. The Kier molecular flexibility index (Phi) is 7.06. The Balaban J connectivity index is 1.64. The molecule has 7 heteroatoms. The van der Waals surface area contributed by atoms with Gasteiger partial charge in [0.2, 0.25) is 0 Å². The van der Waals surface area contributed by atoms with E-state index in [2.05, 4.69) is 34.4 Å². The molecule has 1 aromatic carbocycles. The summed E-state index contributed by atoms with van der Waals surface area (Å²) in [6.45, 7) is 7.38. The number of hydrogen-bond acceptors (Lipinski definition) is 4. The first-order valence-electron chi connectivity index (χ1n) is 10.00. The average Bonchev–Trinajstić information content (AvgIpc) is 3.27. The number of aliphatic imine (C=N–C) groups is 1. The number of esters is 1. The molecular weight excluding hydrogens is 354 g/mol. The van der Waals surface area contributed by atoms with Crippen molar-refractivity contribution in [2.75, 3.05) is 26.2 Å². The van der Waals surface area contributed by atoms with Crippen LogP contribution >= 0.6 is 0 Å². The molecule has 1 N–H and O–H groups in total. The fourth-order valence-corrected chi connectivity index (χ4v) is 3.40. The summed E-state index contributed by atoms with van der Waals surface area (Å²) >= 11 is 0. The second-order valence-electron chi connectivity index (χ2n) is 6.80. The molecule has 1 saturated heterocycles. The van der Waals surface area contributed by atoms with E-state index in [1.165, 1.54) is 0 Å². The van der Waals surface area contributed by atoms with Crippen molar-refractivity contribution >= 4 is 11.9 Å². The maximum Gasteiger partial charge on any atom is 0.309 e. The highest BCUT2D eigenvalue weighted by Gasteiger charge is 2.27. The number of rotatable bonds is 6. The van der Waals surface area contributed by atoms with Crippen molar-refractivity contribution < 1.29 is 9.53 Å². The van der Waals surface area contributed by atoms with Crippen LogP contribution in [0.25, 0.3) is 5.69 Å². The number of carbonyl (C=O) groups is 1. The van der Waals surface area contributed by atoms with E-state index in [0.717, 1.165) is 49.7 Å². The lowest BCUT2D eigenvalue weighted by Crippen LogP contribution is -2.46. The molecule has 3 rings (SSSR count). The van der Waals surface area contributed by atoms with E-state index in [0.29, 0.717) is 13.2 Å². The Hall–Kier alpha value is -2.83. The van der Waals surface area contributed by atoms with Gasteiger partial charge in [-0.1, -0.05) is 12.1 Å². The van der Waals surface area contributed by atoms with Crippen molar-refractivity contribution in [3.8, 4) is 5.69 Å². The highest BCUT2D eigenvalue weighted by atomic mass is 16.5. The summed E-state index contributed by atoms with van der Waals surface area (Å²) in [5.41, 5.74) is 2.16. The third-order valence-electron chi connectivity index (χ3n) is 4.84. The van der Waals surface area contributed by atoms with Gasteiger partial charge in [-0.15, -0.1) is 0 Å². The molecule has 150 valence electrons. The van der Waals surface area contributed by atoms with Crippen molar-refractivity contribution in [2.45, 2.75) is 33.2 Å². The Labute approximate surface area is 166 Å². The number of guanidine groups is 1. The highest BCUT2D eigenvalue weighted by Crippen LogP contribution is 2.19. The van der Waals surface area contributed by atoms with Gasteiger partial charge in [0.1, 0.15) is 0 Å². The van der Waals surface area contributed by atoms with Crippen LogP contribution in [0.3, 0.4) is 0 Å². The molecule has 1 fully saturated rings. The molecule has 0 unspecified atom stereocenters. The lowest BCUT2D eigenvalue weighted by atomic mass is 9.97. The van der Waals surface area contributed by atoms with Gasteiger partial charge in [0.15, 0.2) is 5.96 Å². The molecular formula is C21H29N5O2. The van der Waals surface area contributed by atoms with Gasteiger partial charge in [-0.3, -0.25) is 4.79 Å². The summed E-state index contributed by atoms with van der Waals surface area (Å²) in [6.07, 6.45) is 5.31. The number of hydrogen-bond donors (Lipinski definition) is 1. The minimum atomic E-state index is -0.0699. The molecule has 2 aromatic rings. The molecule has 0 aliphatic carbocycles. The number of likely N-dealkylation sites (tertiary alicyclic amines) is 1. The predicted octanol–water partition coefficient (Wildman–Crippen LogP) is 2.61. The summed E-state index contributed by atoms with van der Waals surface area (Å²) < 4.78 is 7.01. The molecule has 28 heavy (non-hydrogen) atoms. The lowest BCUT2D eigenvalue weighted by Gasteiger charge is -2.33. The molecule has 0 spiro atoms. The fourth-order valence-electron chi connectivity index (χ4n) is 3.40. The number of carbonyl (C=O) groups excluding carboxylic acids is 1. The van der Waals surface area contributed by atoms with E-state index in [4.69, 9.17) is 9.73 Å². The summed E-state index contributed by atoms with van der Waals surface area (Å²) in [7, 11) is 0. The molecule has 1 aromatic heterocycles. The van der Waals surface area contributed by atoms with Crippen LogP contribution in [0.4, 0.5) is 0 Å². The number of benzene rings is 1. The number of nitrogens with zero attached hydrogens (tertiary/aromatic N) is 4. The maximum atomic E-state index is 11.9. The summed E-state index contributed by atoms with van der Waals surface area (Å²) in [5, 5.41) is 7.66. The smallest absolute Gasteiger partial charge is 0.309 e.